The molecule has 60 valence electrons. The first-order chi connectivity index (χ1) is 4.33. The molecule has 0 spiro atoms. The molecule has 0 aromatic heterocycles. The van der Waals surface area contributed by atoms with E-state index >= 15 is 0 Å². The number of nitrogens with zero attached hydrogens (tertiary/aromatic N) is 1. The third-order valence-electron chi connectivity index (χ3n) is 1.71. The van der Waals surface area contributed by atoms with E-state index in [9.17, 15) is 0 Å². The second-order valence-electron chi connectivity index (χ2n) is 2.53. The Morgan fingerprint density at radius 1 is 1.70 bits per heavy atom. The summed E-state index contributed by atoms with van der Waals surface area (Å²) in [4.78, 5) is 2.24. The topological polar surface area (TPSA) is 23.5 Å². The fraction of sp³-hybridized carbons (Fsp3) is 0.714. The molecule has 1 heterocycles. The van der Waals surface area contributed by atoms with Gasteiger partial charge in [0.1, 0.15) is 0 Å². The van der Waals surface area contributed by atoms with Crippen molar-refractivity contribution >= 4 is 12.4 Å². The molecule has 0 bridgehead atoms. The predicted molar refractivity (Wildman–Crippen MR) is 44.5 cm³/mol. The standard InChI is InChI=1S/C7H13NO.ClH/c1-8-4-2-7(6-9)3-5-8;/h2,9H,3-6H2,1H3;1H. The van der Waals surface area contributed by atoms with Crippen LogP contribution in [0.3, 0.4) is 0 Å². The number of rotatable bonds is 1. The molecule has 0 radical (unpaired) electrons. The van der Waals surface area contributed by atoms with Gasteiger partial charge in [-0.3, -0.25) is 0 Å². The Kier molecular flexibility index (Phi) is 4.69. The molecule has 1 aliphatic rings. The zero-order valence-corrected chi connectivity index (χ0v) is 7.02. The fourth-order valence-corrected chi connectivity index (χ4v) is 0.956. The Labute approximate surface area is 67.9 Å². The van der Waals surface area contributed by atoms with Crippen molar-refractivity contribution in [2.24, 2.45) is 0 Å². The summed E-state index contributed by atoms with van der Waals surface area (Å²) in [5.74, 6) is 0. The summed E-state index contributed by atoms with van der Waals surface area (Å²) < 4.78 is 0. The zero-order valence-electron chi connectivity index (χ0n) is 6.21. The quantitative estimate of drug-likeness (QED) is 0.575. The highest BCUT2D eigenvalue weighted by atomic mass is 35.5. The molecule has 0 unspecified atom stereocenters. The summed E-state index contributed by atoms with van der Waals surface area (Å²) >= 11 is 0. The van der Waals surface area contributed by atoms with Crippen molar-refractivity contribution in [2.45, 2.75) is 6.42 Å². The number of halogens is 1. The Morgan fingerprint density at radius 3 is 2.80 bits per heavy atom. The second-order valence-corrected chi connectivity index (χ2v) is 2.53. The summed E-state index contributed by atoms with van der Waals surface area (Å²) in [5.41, 5.74) is 1.19. The van der Waals surface area contributed by atoms with Crippen molar-refractivity contribution in [2.75, 3.05) is 26.7 Å². The minimum atomic E-state index is 0. The lowest BCUT2D eigenvalue weighted by Gasteiger charge is -2.20. The van der Waals surface area contributed by atoms with Crippen LogP contribution in [-0.4, -0.2) is 36.8 Å². The summed E-state index contributed by atoms with van der Waals surface area (Å²) in [6, 6.07) is 0. The molecular formula is C7H14ClNO. The van der Waals surface area contributed by atoms with Crippen molar-refractivity contribution in [3.05, 3.63) is 11.6 Å². The Bertz CT molecular complexity index is 125. The van der Waals surface area contributed by atoms with E-state index in [2.05, 4.69) is 18.0 Å². The van der Waals surface area contributed by atoms with Gasteiger partial charge in [0.15, 0.2) is 0 Å². The number of hydrogen-bond acceptors (Lipinski definition) is 2. The van der Waals surface area contributed by atoms with E-state index in [1.165, 1.54) is 5.57 Å². The van der Waals surface area contributed by atoms with E-state index in [0.717, 1.165) is 19.5 Å². The summed E-state index contributed by atoms with van der Waals surface area (Å²) in [5, 5.41) is 8.69. The van der Waals surface area contributed by atoms with Gasteiger partial charge in [0.05, 0.1) is 6.61 Å². The van der Waals surface area contributed by atoms with Crippen molar-refractivity contribution in [3.8, 4) is 0 Å². The smallest absolute Gasteiger partial charge is 0.0642 e. The lowest BCUT2D eigenvalue weighted by molar-refractivity contribution is 0.300. The molecule has 1 rings (SSSR count). The van der Waals surface area contributed by atoms with Crippen LogP contribution in [0.25, 0.3) is 0 Å². The van der Waals surface area contributed by atoms with Crippen LogP contribution in [0.4, 0.5) is 0 Å². The molecule has 10 heavy (non-hydrogen) atoms. The highest BCUT2D eigenvalue weighted by molar-refractivity contribution is 5.85. The van der Waals surface area contributed by atoms with Gasteiger partial charge in [-0.2, -0.15) is 0 Å². The maximum atomic E-state index is 8.69. The van der Waals surface area contributed by atoms with Crippen LogP contribution >= 0.6 is 12.4 Å². The number of hydrogen-bond donors (Lipinski definition) is 1. The first-order valence-corrected chi connectivity index (χ1v) is 3.30. The van der Waals surface area contributed by atoms with Gasteiger partial charge in [0, 0.05) is 13.1 Å². The van der Waals surface area contributed by atoms with Crippen molar-refractivity contribution in [1.29, 1.82) is 0 Å². The van der Waals surface area contributed by atoms with Gasteiger partial charge in [-0.15, -0.1) is 12.4 Å². The minimum absolute atomic E-state index is 0. The largest absolute Gasteiger partial charge is 0.392 e. The average Bonchev–Trinajstić information content (AvgIpc) is 1.90. The van der Waals surface area contributed by atoms with Gasteiger partial charge in [0.25, 0.3) is 0 Å². The third kappa shape index (κ3) is 2.69. The summed E-state index contributed by atoms with van der Waals surface area (Å²) in [6.45, 7) is 2.33. The molecule has 0 atom stereocenters. The molecule has 0 aromatic carbocycles. The summed E-state index contributed by atoms with van der Waals surface area (Å²) in [6.07, 6.45) is 3.14. The van der Waals surface area contributed by atoms with Gasteiger partial charge in [0.2, 0.25) is 0 Å². The minimum Gasteiger partial charge on any atom is -0.392 e. The maximum Gasteiger partial charge on any atom is 0.0642 e. The number of aliphatic hydroxyl groups excluding tert-OH is 1. The van der Waals surface area contributed by atoms with E-state index < -0.39 is 0 Å². The lowest BCUT2D eigenvalue weighted by Crippen LogP contribution is -2.24. The third-order valence-corrected chi connectivity index (χ3v) is 1.71. The van der Waals surface area contributed by atoms with Gasteiger partial charge >= 0.3 is 0 Å². The molecule has 0 amide bonds. The van der Waals surface area contributed by atoms with Gasteiger partial charge < -0.3 is 10.0 Å². The van der Waals surface area contributed by atoms with Crippen molar-refractivity contribution < 1.29 is 5.11 Å². The van der Waals surface area contributed by atoms with E-state index in [4.69, 9.17) is 5.11 Å². The van der Waals surface area contributed by atoms with Crippen molar-refractivity contribution in [3.63, 3.8) is 0 Å². The predicted octanol–water partition coefficient (Wildman–Crippen LogP) is 0.662. The van der Waals surface area contributed by atoms with E-state index in [0.29, 0.717) is 0 Å². The molecule has 0 saturated carbocycles. The van der Waals surface area contributed by atoms with Crippen LogP contribution in [-0.2, 0) is 0 Å². The molecule has 0 saturated heterocycles. The van der Waals surface area contributed by atoms with Crippen LogP contribution in [0.1, 0.15) is 6.42 Å². The van der Waals surface area contributed by atoms with Gasteiger partial charge in [-0.25, -0.2) is 0 Å². The normalized spacial score (nSPS) is 19.6. The van der Waals surface area contributed by atoms with Crippen LogP contribution in [0, 0.1) is 0 Å². The Balaban J connectivity index is 0.000000810. The highest BCUT2D eigenvalue weighted by Crippen LogP contribution is 2.06. The molecule has 0 fully saturated rings. The number of likely N-dealkylation sites (N-methyl/N-ethyl adjacent to an activating group) is 1. The SMILES string of the molecule is CN1CC=C(CO)CC1.Cl. The second kappa shape index (κ2) is 4.72. The molecular weight excluding hydrogens is 150 g/mol. The van der Waals surface area contributed by atoms with Gasteiger partial charge in [-0.1, -0.05) is 6.08 Å². The molecule has 0 aliphatic carbocycles. The molecule has 1 aliphatic heterocycles. The zero-order chi connectivity index (χ0) is 6.69. The van der Waals surface area contributed by atoms with Gasteiger partial charge in [-0.05, 0) is 19.0 Å². The van der Waals surface area contributed by atoms with Crippen LogP contribution in [0.15, 0.2) is 11.6 Å². The Morgan fingerprint density at radius 2 is 2.40 bits per heavy atom. The van der Waals surface area contributed by atoms with E-state index in [-0.39, 0.29) is 19.0 Å². The van der Waals surface area contributed by atoms with Crippen LogP contribution in [0.5, 0.6) is 0 Å². The fourth-order valence-electron chi connectivity index (χ4n) is 0.956. The van der Waals surface area contributed by atoms with Crippen molar-refractivity contribution in [1.82, 2.24) is 4.90 Å². The van der Waals surface area contributed by atoms with E-state index in [1.807, 2.05) is 0 Å². The maximum absolute atomic E-state index is 8.69. The molecule has 0 aromatic rings. The lowest BCUT2D eigenvalue weighted by atomic mass is 10.1. The van der Waals surface area contributed by atoms with Crippen LogP contribution < -0.4 is 0 Å². The van der Waals surface area contributed by atoms with Crippen LogP contribution in [0.2, 0.25) is 0 Å². The molecule has 3 heteroatoms. The average molecular weight is 164 g/mol. The Hall–Kier alpha value is -0.0500. The molecule has 2 nitrogen and oxygen atoms in total. The first kappa shape index (κ1) is 9.95. The highest BCUT2D eigenvalue weighted by Gasteiger charge is 2.04. The summed E-state index contributed by atoms with van der Waals surface area (Å²) in [7, 11) is 2.09. The first-order valence-electron chi connectivity index (χ1n) is 3.30. The molecule has 1 N–H and O–H groups in total. The monoisotopic (exact) mass is 163 g/mol. The van der Waals surface area contributed by atoms with E-state index in [1.54, 1.807) is 0 Å². The number of aliphatic hydroxyl groups is 1.